The van der Waals surface area contributed by atoms with E-state index in [1.54, 1.807) is 0 Å². The molecule has 0 aliphatic carbocycles. The van der Waals surface area contributed by atoms with Gasteiger partial charge in [-0.25, -0.2) is 0 Å². The highest BCUT2D eigenvalue weighted by Gasteiger charge is 2.23. The molecule has 0 saturated heterocycles. The van der Waals surface area contributed by atoms with E-state index < -0.39 is 0 Å². The van der Waals surface area contributed by atoms with Gasteiger partial charge in [-0.05, 0) is 102 Å². The summed E-state index contributed by atoms with van der Waals surface area (Å²) in [5.74, 6) is 0. The quantitative estimate of drug-likeness (QED) is 0.168. The molecule has 0 fully saturated rings. The Morgan fingerprint density at radius 1 is 0.414 bits per heavy atom. The van der Waals surface area contributed by atoms with Crippen LogP contribution in [0, 0.1) is 0 Å². The summed E-state index contributed by atoms with van der Waals surface area (Å²) in [5.41, 5.74) is 13.0. The Balaban J connectivity index is 1.02. The highest BCUT2D eigenvalue weighted by atomic mass is 32.1. The van der Waals surface area contributed by atoms with Crippen LogP contribution in [0.25, 0.3) is 91.9 Å². The first-order chi connectivity index (χ1) is 28.8. The second-order valence-electron chi connectivity index (χ2n) is 14.9. The first kappa shape index (κ1) is 32.8. The largest absolute Gasteiger partial charge is 0.455 e. The number of furan rings is 1. The van der Waals surface area contributed by atoms with Gasteiger partial charge in [-0.3, -0.25) is 0 Å². The van der Waals surface area contributed by atoms with Crippen molar-refractivity contribution in [2.45, 2.75) is 0 Å². The minimum atomic E-state index is 0.865. The summed E-state index contributed by atoms with van der Waals surface area (Å²) in [4.78, 5) is 2.36. The summed E-state index contributed by atoms with van der Waals surface area (Å²) in [7, 11) is 0. The molecule has 0 unspecified atom stereocenters. The maximum atomic E-state index is 6.87. The third kappa shape index (κ3) is 5.12. The number of thiophene rings is 1. The van der Waals surface area contributed by atoms with Crippen LogP contribution in [-0.2, 0) is 0 Å². The van der Waals surface area contributed by atoms with Crippen molar-refractivity contribution >= 4 is 92.3 Å². The molecule has 58 heavy (non-hydrogen) atoms. The minimum Gasteiger partial charge on any atom is -0.455 e. The predicted molar refractivity (Wildman–Crippen MR) is 247 cm³/mol. The molecule has 0 N–H and O–H groups in total. The summed E-state index contributed by atoms with van der Waals surface area (Å²) < 4.78 is 11.9. The van der Waals surface area contributed by atoms with E-state index >= 15 is 0 Å². The maximum absolute atomic E-state index is 6.87. The first-order valence-corrected chi connectivity index (χ1v) is 20.5. The van der Waals surface area contributed by atoms with Crippen molar-refractivity contribution < 1.29 is 4.42 Å². The fraction of sp³-hybridized carbons (Fsp3) is 0. The monoisotopic (exact) mass is 758 g/mol. The molecule has 12 aromatic rings. The molecular formula is C54H34N2OS. The van der Waals surface area contributed by atoms with Crippen LogP contribution in [0.15, 0.2) is 211 Å². The molecular weight excluding hydrogens is 725 g/mol. The van der Waals surface area contributed by atoms with Crippen LogP contribution >= 0.6 is 11.3 Å². The molecule has 9 aromatic carbocycles. The molecule has 272 valence electrons. The number of anilines is 3. The molecule has 0 radical (unpaired) electrons. The molecule has 3 heterocycles. The van der Waals surface area contributed by atoms with Crippen LogP contribution in [0.1, 0.15) is 0 Å². The normalized spacial score (nSPS) is 11.8. The van der Waals surface area contributed by atoms with Crippen LogP contribution in [0.4, 0.5) is 17.1 Å². The molecule has 0 amide bonds. The van der Waals surface area contributed by atoms with Gasteiger partial charge in [0, 0.05) is 59.0 Å². The van der Waals surface area contributed by atoms with Crippen molar-refractivity contribution in [3.05, 3.63) is 206 Å². The lowest BCUT2D eigenvalue weighted by molar-refractivity contribution is 0.670. The van der Waals surface area contributed by atoms with Crippen LogP contribution < -0.4 is 4.90 Å². The van der Waals surface area contributed by atoms with Crippen LogP contribution in [0.3, 0.4) is 0 Å². The van der Waals surface area contributed by atoms with Gasteiger partial charge in [0.15, 0.2) is 0 Å². The number of hydrogen-bond acceptors (Lipinski definition) is 3. The molecule has 12 rings (SSSR count). The summed E-state index contributed by atoms with van der Waals surface area (Å²) >= 11 is 1.85. The third-order valence-corrected chi connectivity index (χ3v) is 12.7. The number of para-hydroxylation sites is 4. The molecule has 0 saturated carbocycles. The zero-order chi connectivity index (χ0) is 38.2. The Morgan fingerprint density at radius 3 is 1.84 bits per heavy atom. The average molecular weight is 759 g/mol. The smallest absolute Gasteiger partial charge is 0.145 e. The predicted octanol–water partition coefficient (Wildman–Crippen LogP) is 15.9. The molecule has 0 atom stereocenters. The lowest BCUT2D eigenvalue weighted by Gasteiger charge is -2.27. The van der Waals surface area contributed by atoms with Gasteiger partial charge in [0.2, 0.25) is 0 Å². The van der Waals surface area contributed by atoms with Gasteiger partial charge in [0.1, 0.15) is 11.2 Å². The van der Waals surface area contributed by atoms with Crippen molar-refractivity contribution in [3.63, 3.8) is 0 Å². The van der Waals surface area contributed by atoms with Gasteiger partial charge in [-0.2, -0.15) is 0 Å². The fourth-order valence-electron chi connectivity index (χ4n) is 8.95. The Hall–Kier alpha value is -7.40. The Morgan fingerprint density at radius 2 is 1.05 bits per heavy atom. The van der Waals surface area contributed by atoms with E-state index in [0.29, 0.717) is 0 Å². The number of hydrogen-bond donors (Lipinski definition) is 0. The fourth-order valence-corrected chi connectivity index (χ4v) is 10.0. The summed E-state index contributed by atoms with van der Waals surface area (Å²) in [6, 6.07) is 74.3. The topological polar surface area (TPSA) is 21.3 Å². The molecule has 4 heteroatoms. The van der Waals surface area contributed by atoms with Crippen LogP contribution in [0.2, 0.25) is 0 Å². The van der Waals surface area contributed by atoms with Gasteiger partial charge in [0.05, 0.1) is 22.1 Å². The molecule has 3 nitrogen and oxygen atoms in total. The van der Waals surface area contributed by atoms with Crippen LogP contribution in [0.5, 0.6) is 0 Å². The SMILES string of the molecule is c1ccc(N(c2ccc(-c3ccc4sc5ccccc5c4c3)cc2)c2ccc(-c3cccc(-n4c5ccccc5c5ccccc54)c3)c3oc4ccccc4c23)cc1. The standard InChI is InChI=1S/C54H34N2OS/c1-2-14-38(15-3-1)55(39-28-25-35(26-29-39)36-27-32-52-46(34-36)44-19-7-11-24-51(44)58-52)49-31-30-41(54-53(49)45-20-6-10-23-50(45)57-54)37-13-12-16-40(33-37)56-47-21-8-4-17-42(47)43-18-5-9-22-48(43)56/h1-34H. The van der Waals surface area contributed by atoms with E-state index in [0.717, 1.165) is 55.8 Å². The van der Waals surface area contributed by atoms with Gasteiger partial charge < -0.3 is 13.9 Å². The second-order valence-corrected chi connectivity index (χ2v) is 16.0. The van der Waals surface area contributed by atoms with E-state index in [4.69, 9.17) is 4.42 Å². The summed E-state index contributed by atoms with van der Waals surface area (Å²) in [6.07, 6.45) is 0. The van der Waals surface area contributed by atoms with Gasteiger partial charge in [-0.1, -0.05) is 121 Å². The van der Waals surface area contributed by atoms with Gasteiger partial charge in [0.25, 0.3) is 0 Å². The third-order valence-electron chi connectivity index (χ3n) is 11.6. The molecule has 0 bridgehead atoms. The summed E-state index contributed by atoms with van der Waals surface area (Å²) in [5, 5.41) is 7.29. The number of aromatic nitrogens is 1. The van der Waals surface area contributed by atoms with E-state index in [2.05, 4.69) is 216 Å². The van der Waals surface area contributed by atoms with Gasteiger partial charge in [-0.15, -0.1) is 11.3 Å². The first-order valence-electron chi connectivity index (χ1n) is 19.7. The number of fused-ring (bicyclic) bond motifs is 9. The van der Waals surface area contributed by atoms with Crippen molar-refractivity contribution in [3.8, 4) is 27.9 Å². The van der Waals surface area contributed by atoms with E-state index in [9.17, 15) is 0 Å². The van der Waals surface area contributed by atoms with Crippen molar-refractivity contribution in [2.75, 3.05) is 4.90 Å². The zero-order valence-corrected chi connectivity index (χ0v) is 32.2. The van der Waals surface area contributed by atoms with Crippen molar-refractivity contribution in [1.29, 1.82) is 0 Å². The molecule has 0 aliphatic heterocycles. The summed E-state index contributed by atoms with van der Waals surface area (Å²) in [6.45, 7) is 0. The minimum absolute atomic E-state index is 0.865. The lowest BCUT2D eigenvalue weighted by atomic mass is 9.99. The highest BCUT2D eigenvalue weighted by molar-refractivity contribution is 7.25. The Kier molecular flexibility index (Phi) is 7.40. The number of benzene rings is 9. The Bertz CT molecular complexity index is 3460. The van der Waals surface area contributed by atoms with Crippen molar-refractivity contribution in [1.82, 2.24) is 4.57 Å². The molecule has 0 aliphatic rings. The lowest BCUT2D eigenvalue weighted by Crippen LogP contribution is -2.10. The van der Waals surface area contributed by atoms with Gasteiger partial charge >= 0.3 is 0 Å². The van der Waals surface area contributed by atoms with Crippen molar-refractivity contribution in [2.24, 2.45) is 0 Å². The zero-order valence-electron chi connectivity index (χ0n) is 31.3. The van der Waals surface area contributed by atoms with Crippen LogP contribution in [-0.4, -0.2) is 4.57 Å². The molecule has 3 aromatic heterocycles. The number of rotatable bonds is 6. The second kappa shape index (κ2) is 13.1. The molecule has 0 spiro atoms. The Labute approximate surface area is 338 Å². The highest BCUT2D eigenvalue weighted by Crippen LogP contribution is 2.47. The van der Waals surface area contributed by atoms with E-state index in [1.165, 1.54) is 53.1 Å². The average Bonchev–Trinajstić information content (AvgIpc) is 3.97. The van der Waals surface area contributed by atoms with E-state index in [-0.39, 0.29) is 0 Å². The maximum Gasteiger partial charge on any atom is 0.145 e. The van der Waals surface area contributed by atoms with E-state index in [1.807, 2.05) is 11.3 Å². The number of nitrogens with zero attached hydrogens (tertiary/aromatic N) is 2.